The topological polar surface area (TPSA) is 87.2 Å². The van der Waals surface area contributed by atoms with Gasteiger partial charge in [-0.2, -0.15) is 5.26 Å². The van der Waals surface area contributed by atoms with Crippen LogP contribution in [-0.2, 0) is 19.3 Å². The van der Waals surface area contributed by atoms with Gasteiger partial charge in [0.25, 0.3) is 11.8 Å². The van der Waals surface area contributed by atoms with Crippen molar-refractivity contribution < 1.29 is 24.5 Å². The van der Waals surface area contributed by atoms with Gasteiger partial charge in [-0.15, -0.1) is 0 Å². The number of nitrogens with zero attached hydrogens (tertiary/aromatic N) is 2. The lowest BCUT2D eigenvalue weighted by Crippen LogP contribution is -2.55. The summed E-state index contributed by atoms with van der Waals surface area (Å²) in [7, 11) is 1.56. The van der Waals surface area contributed by atoms with Gasteiger partial charge in [0.15, 0.2) is 5.11 Å². The number of unbranched alkanes of at least 4 members (excludes halogenated alkanes) is 2. The maximum atomic E-state index is 12.8. The smallest absolute Gasteiger partial charge is 0.301 e. The minimum atomic E-state index is -0.680. The van der Waals surface area contributed by atoms with Crippen LogP contribution in [0.2, 0.25) is 0 Å². The van der Waals surface area contributed by atoms with Gasteiger partial charge >= 0.3 is 5.97 Å². The highest BCUT2D eigenvalue weighted by molar-refractivity contribution is 8.28. The molecule has 136 valence electrons. The molecule has 2 aliphatic heterocycles. The monoisotopic (exact) mass is 402 g/mol. The Labute approximate surface area is 159 Å². The van der Waals surface area contributed by atoms with E-state index in [2.05, 4.69) is 4.89 Å². The van der Waals surface area contributed by atoms with E-state index in [0.29, 0.717) is 30.0 Å². The maximum absolute atomic E-state index is 12.8. The number of amides is 2. The Morgan fingerprint density at radius 3 is 2.60 bits per heavy atom. The molecule has 2 amide bonds. The molecular weight excluding hydrogens is 384 g/mol. The van der Waals surface area contributed by atoms with Crippen LogP contribution in [0.4, 0.5) is 0 Å². The maximum Gasteiger partial charge on any atom is 0.342 e. The van der Waals surface area contributed by atoms with Crippen LogP contribution >= 0.6 is 35.7 Å². The molecule has 2 aliphatic rings. The van der Waals surface area contributed by atoms with E-state index in [1.165, 1.54) is 33.3 Å². The molecule has 0 radical (unpaired) electrons. The molecule has 7 nitrogen and oxygen atoms in total. The first kappa shape index (κ1) is 20.0. The minimum absolute atomic E-state index is 0.112. The van der Waals surface area contributed by atoms with E-state index < -0.39 is 5.97 Å². The summed E-state index contributed by atoms with van der Waals surface area (Å²) in [6.45, 7) is 2.29. The highest BCUT2D eigenvalue weighted by Crippen LogP contribution is 2.46. The Morgan fingerprint density at radius 1 is 1.28 bits per heavy atom. The summed E-state index contributed by atoms with van der Waals surface area (Å²) in [5.74, 6) is -1.43. The fraction of sp³-hybridized carbons (Fsp3) is 0.467. The average molecular weight is 403 g/mol. The van der Waals surface area contributed by atoms with Gasteiger partial charge in [-0.25, -0.2) is 4.79 Å². The van der Waals surface area contributed by atoms with Crippen LogP contribution in [-0.4, -0.2) is 51.5 Å². The standard InChI is InChI=1S/C15H18N2O5S3/c1-9-8-24-14(25-9)11-12(19)16(2)15(23)17(13(11)20)7-5-3-4-6-10(18)22-21/h8,21H,3-7H2,1-2H3/b14-11+. The highest BCUT2D eigenvalue weighted by atomic mass is 32.2. The molecule has 2 rings (SSSR count). The fourth-order valence-electron chi connectivity index (χ4n) is 2.32. The summed E-state index contributed by atoms with van der Waals surface area (Å²) < 4.78 is 0.678. The molecule has 0 atom stereocenters. The van der Waals surface area contributed by atoms with Crippen LogP contribution in [0.5, 0.6) is 0 Å². The van der Waals surface area contributed by atoms with Crippen LogP contribution in [0.3, 0.4) is 0 Å². The van der Waals surface area contributed by atoms with Gasteiger partial charge in [-0.05, 0) is 42.3 Å². The lowest BCUT2D eigenvalue weighted by atomic mass is 10.1. The number of rotatable bonds is 6. The number of thiocarbonyl (C=S) groups is 1. The average Bonchev–Trinajstić information content (AvgIpc) is 3.01. The molecule has 25 heavy (non-hydrogen) atoms. The van der Waals surface area contributed by atoms with Crippen molar-refractivity contribution in [3.63, 3.8) is 0 Å². The van der Waals surface area contributed by atoms with Gasteiger partial charge in [-0.3, -0.25) is 19.4 Å². The lowest BCUT2D eigenvalue weighted by Gasteiger charge is -2.35. The van der Waals surface area contributed by atoms with Crippen molar-refractivity contribution in [2.45, 2.75) is 32.6 Å². The van der Waals surface area contributed by atoms with Crippen molar-refractivity contribution in [1.82, 2.24) is 9.80 Å². The third-order valence-corrected chi connectivity index (χ3v) is 6.55. The van der Waals surface area contributed by atoms with Gasteiger partial charge in [0.2, 0.25) is 0 Å². The van der Waals surface area contributed by atoms with E-state index in [4.69, 9.17) is 17.5 Å². The summed E-state index contributed by atoms with van der Waals surface area (Å²) in [4.78, 5) is 43.5. The second-order valence-corrected chi connectivity index (χ2v) is 8.25. The molecule has 0 saturated carbocycles. The van der Waals surface area contributed by atoms with E-state index in [-0.39, 0.29) is 28.9 Å². The Morgan fingerprint density at radius 2 is 2.00 bits per heavy atom. The van der Waals surface area contributed by atoms with Crippen LogP contribution in [0, 0.1) is 0 Å². The molecule has 0 aliphatic carbocycles. The SMILES string of the molecule is CC1=CS/C(=C2/C(=O)N(C)C(=S)N(CCCCCC(=O)OO)C2=O)S1. The minimum Gasteiger partial charge on any atom is -0.301 e. The fourth-order valence-corrected chi connectivity index (χ4v) is 4.78. The molecule has 0 spiro atoms. The first-order valence-corrected chi connectivity index (χ1v) is 9.71. The summed E-state index contributed by atoms with van der Waals surface area (Å²) in [6, 6.07) is 0. The summed E-state index contributed by atoms with van der Waals surface area (Å²) in [5, 5.41) is 10.3. The molecule has 0 aromatic heterocycles. The van der Waals surface area contributed by atoms with Crippen molar-refractivity contribution in [2.24, 2.45) is 0 Å². The number of thioether (sulfide) groups is 2. The molecule has 0 aromatic rings. The number of likely N-dealkylation sites (N-methyl/N-ethyl adjacent to an activating group) is 1. The predicted octanol–water partition coefficient (Wildman–Crippen LogP) is 2.70. The van der Waals surface area contributed by atoms with Crippen molar-refractivity contribution in [2.75, 3.05) is 13.6 Å². The Kier molecular flexibility index (Phi) is 7.05. The van der Waals surface area contributed by atoms with Gasteiger partial charge in [-0.1, -0.05) is 29.9 Å². The Hall–Kier alpha value is -1.36. The normalized spacial score (nSPS) is 21.1. The lowest BCUT2D eigenvalue weighted by molar-refractivity contribution is -0.234. The zero-order valence-electron chi connectivity index (χ0n) is 13.8. The van der Waals surface area contributed by atoms with E-state index >= 15 is 0 Å². The third kappa shape index (κ3) is 4.63. The number of carbonyl (C=O) groups excluding carboxylic acids is 3. The van der Waals surface area contributed by atoms with Crippen LogP contribution in [0.25, 0.3) is 0 Å². The third-order valence-electron chi connectivity index (χ3n) is 3.65. The first-order valence-electron chi connectivity index (χ1n) is 7.60. The van der Waals surface area contributed by atoms with Crippen molar-refractivity contribution in [3.05, 3.63) is 20.1 Å². The zero-order chi connectivity index (χ0) is 18.6. The van der Waals surface area contributed by atoms with Crippen molar-refractivity contribution >= 4 is 58.6 Å². The largest absolute Gasteiger partial charge is 0.342 e. The van der Waals surface area contributed by atoms with Gasteiger partial charge in [0, 0.05) is 20.0 Å². The predicted molar refractivity (Wildman–Crippen MR) is 100 cm³/mol. The zero-order valence-corrected chi connectivity index (χ0v) is 16.3. The van der Waals surface area contributed by atoms with Crippen LogP contribution in [0.1, 0.15) is 32.6 Å². The quantitative estimate of drug-likeness (QED) is 0.181. The molecule has 0 aromatic carbocycles. The van der Waals surface area contributed by atoms with Crippen LogP contribution in [0.15, 0.2) is 20.1 Å². The number of carbonyl (C=O) groups is 3. The van der Waals surface area contributed by atoms with Gasteiger partial charge in [0.05, 0.1) is 4.24 Å². The highest BCUT2D eigenvalue weighted by Gasteiger charge is 2.40. The Balaban J connectivity index is 2.02. The molecule has 0 bridgehead atoms. The molecule has 1 N–H and O–H groups in total. The molecule has 1 fully saturated rings. The van der Waals surface area contributed by atoms with E-state index in [1.54, 1.807) is 7.05 Å². The number of hydrogen-bond donors (Lipinski definition) is 1. The van der Waals surface area contributed by atoms with Gasteiger partial charge in [0.1, 0.15) is 5.57 Å². The second-order valence-electron chi connectivity index (χ2n) is 5.49. The van der Waals surface area contributed by atoms with E-state index in [0.717, 1.165) is 4.91 Å². The summed E-state index contributed by atoms with van der Waals surface area (Å²) >= 11 is 8.03. The number of hydrogen-bond acceptors (Lipinski definition) is 8. The first-order chi connectivity index (χ1) is 11.9. The van der Waals surface area contributed by atoms with Crippen molar-refractivity contribution in [1.29, 1.82) is 0 Å². The van der Waals surface area contributed by atoms with E-state index in [1.807, 2.05) is 12.3 Å². The van der Waals surface area contributed by atoms with Gasteiger partial charge < -0.3 is 4.89 Å². The molecular formula is C15H18N2O5S3. The Bertz CT molecular complexity index is 674. The number of allylic oxidation sites excluding steroid dienone is 1. The molecule has 1 saturated heterocycles. The molecule has 10 heteroatoms. The summed E-state index contributed by atoms with van der Waals surface area (Å²) in [6.07, 6.45) is 1.93. The van der Waals surface area contributed by atoms with Crippen molar-refractivity contribution in [3.8, 4) is 0 Å². The van der Waals surface area contributed by atoms with Crippen LogP contribution < -0.4 is 0 Å². The molecule has 2 heterocycles. The molecule has 0 unspecified atom stereocenters. The van der Waals surface area contributed by atoms with E-state index in [9.17, 15) is 14.4 Å². The summed E-state index contributed by atoms with van der Waals surface area (Å²) in [5.41, 5.74) is 0.156. The second kappa shape index (κ2) is 8.84.